The van der Waals surface area contributed by atoms with E-state index in [9.17, 15) is 0 Å². The van der Waals surface area contributed by atoms with Crippen LogP contribution < -0.4 is 0 Å². The first-order valence-corrected chi connectivity index (χ1v) is 5.91. The monoisotopic (exact) mass is 280 g/mol. The summed E-state index contributed by atoms with van der Waals surface area (Å²) < 4.78 is 0.848. The molecule has 15 heavy (non-hydrogen) atoms. The van der Waals surface area contributed by atoms with Crippen LogP contribution in [0.1, 0.15) is 0 Å². The molecule has 0 aromatic carbocycles. The van der Waals surface area contributed by atoms with E-state index < -0.39 is 0 Å². The number of thiazole rings is 1. The molecule has 0 saturated heterocycles. The minimum absolute atomic E-state index is 0.791. The summed E-state index contributed by atoms with van der Waals surface area (Å²) in [5, 5.41) is 2.89. The standard InChI is InChI=1S/C9H5BrN4S/c10-6-4-15-9(14-6)5-3-13-8-7(5)11-1-2-12-8/h1-4H,(H,12,13). The van der Waals surface area contributed by atoms with Crippen molar-refractivity contribution in [1.82, 2.24) is 19.9 Å². The van der Waals surface area contributed by atoms with Gasteiger partial charge in [0, 0.05) is 24.0 Å². The normalized spacial score (nSPS) is 11.0. The van der Waals surface area contributed by atoms with Gasteiger partial charge in [-0.25, -0.2) is 9.97 Å². The van der Waals surface area contributed by atoms with Crippen molar-refractivity contribution in [2.75, 3.05) is 0 Å². The fourth-order valence-electron chi connectivity index (χ4n) is 1.39. The molecule has 4 nitrogen and oxygen atoms in total. The van der Waals surface area contributed by atoms with Crippen LogP contribution in [0.3, 0.4) is 0 Å². The molecule has 0 fully saturated rings. The second-order valence-corrected chi connectivity index (χ2v) is 4.60. The Balaban J connectivity index is 2.27. The summed E-state index contributed by atoms with van der Waals surface area (Å²) in [7, 11) is 0. The van der Waals surface area contributed by atoms with E-state index in [2.05, 4.69) is 35.9 Å². The number of nitrogens with zero attached hydrogens (tertiary/aromatic N) is 3. The predicted molar refractivity (Wildman–Crippen MR) is 62.7 cm³/mol. The molecule has 3 heterocycles. The summed E-state index contributed by atoms with van der Waals surface area (Å²) in [6.45, 7) is 0. The molecule has 0 bridgehead atoms. The number of hydrogen-bond acceptors (Lipinski definition) is 4. The zero-order chi connectivity index (χ0) is 10.3. The fourth-order valence-corrected chi connectivity index (χ4v) is 2.66. The Kier molecular flexibility index (Phi) is 2.03. The number of halogens is 1. The van der Waals surface area contributed by atoms with Crippen molar-refractivity contribution in [3.05, 3.63) is 28.6 Å². The fraction of sp³-hybridized carbons (Fsp3) is 0. The molecular formula is C9H5BrN4S. The molecule has 74 valence electrons. The number of nitrogens with one attached hydrogen (secondary N) is 1. The summed E-state index contributed by atoms with van der Waals surface area (Å²) >= 11 is 4.91. The largest absolute Gasteiger partial charge is 0.344 e. The summed E-state index contributed by atoms with van der Waals surface area (Å²) in [6.07, 6.45) is 5.23. The van der Waals surface area contributed by atoms with Gasteiger partial charge in [0.25, 0.3) is 0 Å². The minimum atomic E-state index is 0.791. The smallest absolute Gasteiger partial charge is 0.156 e. The maximum atomic E-state index is 4.35. The first-order valence-electron chi connectivity index (χ1n) is 4.24. The summed E-state index contributed by atoms with van der Waals surface area (Å²) in [6, 6.07) is 0. The van der Waals surface area contributed by atoms with Crippen LogP contribution in [0.4, 0.5) is 0 Å². The van der Waals surface area contributed by atoms with Crippen molar-refractivity contribution < 1.29 is 0 Å². The third kappa shape index (κ3) is 1.46. The van der Waals surface area contributed by atoms with Crippen molar-refractivity contribution >= 4 is 38.4 Å². The SMILES string of the molecule is Brc1csc(-c2c[nH]c3nccnc23)n1. The Bertz CT molecular complexity index is 615. The van der Waals surface area contributed by atoms with Crippen LogP contribution in [0, 0.1) is 0 Å². The van der Waals surface area contributed by atoms with Gasteiger partial charge in [-0.15, -0.1) is 11.3 Å². The number of H-pyrrole nitrogens is 1. The van der Waals surface area contributed by atoms with E-state index in [0.717, 1.165) is 26.3 Å². The number of aromatic amines is 1. The average molecular weight is 281 g/mol. The van der Waals surface area contributed by atoms with Gasteiger partial charge in [0.2, 0.25) is 0 Å². The second kappa shape index (κ2) is 3.39. The van der Waals surface area contributed by atoms with Gasteiger partial charge in [-0.2, -0.15) is 0 Å². The van der Waals surface area contributed by atoms with Gasteiger partial charge >= 0.3 is 0 Å². The highest BCUT2D eigenvalue weighted by molar-refractivity contribution is 9.10. The van der Waals surface area contributed by atoms with Gasteiger partial charge < -0.3 is 4.98 Å². The van der Waals surface area contributed by atoms with Gasteiger partial charge in [0.05, 0.1) is 5.56 Å². The molecule has 3 aromatic heterocycles. The molecule has 3 aromatic rings. The van der Waals surface area contributed by atoms with Crippen LogP contribution in [-0.4, -0.2) is 19.9 Å². The Labute approximate surface area is 97.5 Å². The van der Waals surface area contributed by atoms with E-state index in [1.807, 2.05) is 11.6 Å². The molecule has 0 unspecified atom stereocenters. The topological polar surface area (TPSA) is 54.5 Å². The Morgan fingerprint density at radius 1 is 1.27 bits per heavy atom. The highest BCUT2D eigenvalue weighted by Crippen LogP contribution is 2.29. The molecule has 0 aliphatic heterocycles. The third-order valence-corrected chi connectivity index (χ3v) is 3.60. The van der Waals surface area contributed by atoms with Crippen LogP contribution in [0.2, 0.25) is 0 Å². The van der Waals surface area contributed by atoms with Crippen LogP contribution in [0.15, 0.2) is 28.6 Å². The number of hydrogen-bond donors (Lipinski definition) is 1. The molecule has 0 aliphatic carbocycles. The number of fused-ring (bicyclic) bond motifs is 1. The Morgan fingerprint density at radius 2 is 2.13 bits per heavy atom. The van der Waals surface area contributed by atoms with Crippen molar-refractivity contribution in [1.29, 1.82) is 0 Å². The maximum absolute atomic E-state index is 4.35. The predicted octanol–water partition coefficient (Wildman–Crippen LogP) is 2.84. The first kappa shape index (κ1) is 8.99. The Hall–Kier alpha value is -1.27. The zero-order valence-electron chi connectivity index (χ0n) is 7.44. The van der Waals surface area contributed by atoms with Crippen molar-refractivity contribution in [2.45, 2.75) is 0 Å². The summed E-state index contributed by atoms with van der Waals surface area (Å²) in [4.78, 5) is 15.9. The molecule has 0 aliphatic rings. The average Bonchev–Trinajstić information content (AvgIpc) is 2.83. The number of rotatable bonds is 1. The third-order valence-electron chi connectivity index (χ3n) is 2.01. The van der Waals surface area contributed by atoms with Gasteiger partial charge in [-0.1, -0.05) is 0 Å². The Morgan fingerprint density at radius 3 is 2.93 bits per heavy atom. The lowest BCUT2D eigenvalue weighted by molar-refractivity contribution is 1.26. The maximum Gasteiger partial charge on any atom is 0.156 e. The lowest BCUT2D eigenvalue weighted by atomic mass is 10.3. The highest BCUT2D eigenvalue weighted by atomic mass is 79.9. The van der Waals surface area contributed by atoms with Gasteiger partial charge in [0.15, 0.2) is 5.65 Å². The van der Waals surface area contributed by atoms with Gasteiger partial charge in [-0.05, 0) is 15.9 Å². The van der Waals surface area contributed by atoms with E-state index in [1.54, 1.807) is 23.7 Å². The van der Waals surface area contributed by atoms with E-state index in [-0.39, 0.29) is 0 Å². The lowest BCUT2D eigenvalue weighted by Crippen LogP contribution is -1.79. The quantitative estimate of drug-likeness (QED) is 0.746. The number of aromatic nitrogens is 4. The molecular weight excluding hydrogens is 276 g/mol. The van der Waals surface area contributed by atoms with Crippen LogP contribution in [-0.2, 0) is 0 Å². The first-order chi connectivity index (χ1) is 7.34. The molecule has 0 spiro atoms. The van der Waals surface area contributed by atoms with Crippen molar-refractivity contribution in [2.24, 2.45) is 0 Å². The summed E-state index contributed by atoms with van der Waals surface area (Å²) in [5.41, 5.74) is 2.65. The molecule has 3 rings (SSSR count). The van der Waals surface area contributed by atoms with Crippen molar-refractivity contribution in [3.63, 3.8) is 0 Å². The summed E-state index contributed by atoms with van der Waals surface area (Å²) in [5.74, 6) is 0. The van der Waals surface area contributed by atoms with Gasteiger partial charge in [-0.3, -0.25) is 4.98 Å². The van der Waals surface area contributed by atoms with Crippen molar-refractivity contribution in [3.8, 4) is 10.6 Å². The molecule has 0 atom stereocenters. The van der Waals surface area contributed by atoms with Crippen LogP contribution in [0.25, 0.3) is 21.7 Å². The highest BCUT2D eigenvalue weighted by Gasteiger charge is 2.10. The second-order valence-electron chi connectivity index (χ2n) is 2.93. The van der Waals surface area contributed by atoms with Crippen LogP contribution >= 0.6 is 27.3 Å². The van der Waals surface area contributed by atoms with E-state index in [4.69, 9.17) is 0 Å². The zero-order valence-corrected chi connectivity index (χ0v) is 9.84. The molecule has 0 radical (unpaired) electrons. The van der Waals surface area contributed by atoms with Crippen LogP contribution in [0.5, 0.6) is 0 Å². The van der Waals surface area contributed by atoms with E-state index in [0.29, 0.717) is 0 Å². The molecule has 1 N–H and O–H groups in total. The lowest BCUT2D eigenvalue weighted by Gasteiger charge is -1.90. The molecule has 6 heteroatoms. The molecule has 0 saturated carbocycles. The van der Waals surface area contributed by atoms with E-state index in [1.165, 1.54) is 0 Å². The minimum Gasteiger partial charge on any atom is -0.344 e. The molecule has 0 amide bonds. The van der Waals surface area contributed by atoms with Gasteiger partial charge in [0.1, 0.15) is 15.1 Å². The van der Waals surface area contributed by atoms with E-state index >= 15 is 0 Å².